The van der Waals surface area contributed by atoms with Gasteiger partial charge in [-0.15, -0.1) is 0 Å². The molecule has 1 saturated heterocycles. The first-order valence-electron chi connectivity index (χ1n) is 8.54. The SMILES string of the molecule is O=C(CN1CCOCC1C1CCCC1O)NCc1ccccc1. The van der Waals surface area contributed by atoms with Crippen LogP contribution in [0.25, 0.3) is 0 Å². The molecule has 23 heavy (non-hydrogen) atoms. The summed E-state index contributed by atoms with van der Waals surface area (Å²) in [4.78, 5) is 14.5. The Hall–Kier alpha value is -1.43. The molecule has 0 aromatic heterocycles. The number of benzene rings is 1. The molecular formula is C18H26N2O3. The molecule has 126 valence electrons. The third kappa shape index (κ3) is 4.31. The van der Waals surface area contributed by atoms with E-state index in [0.717, 1.165) is 31.4 Å². The maximum Gasteiger partial charge on any atom is 0.234 e. The zero-order valence-corrected chi connectivity index (χ0v) is 13.5. The van der Waals surface area contributed by atoms with Crippen molar-refractivity contribution in [2.45, 2.75) is 38.0 Å². The molecule has 3 unspecified atom stereocenters. The molecule has 1 aliphatic carbocycles. The number of carbonyl (C=O) groups is 1. The summed E-state index contributed by atoms with van der Waals surface area (Å²) in [6.45, 7) is 2.97. The smallest absolute Gasteiger partial charge is 0.234 e. The van der Waals surface area contributed by atoms with Crippen LogP contribution < -0.4 is 5.32 Å². The summed E-state index contributed by atoms with van der Waals surface area (Å²) < 4.78 is 5.60. The van der Waals surface area contributed by atoms with Crippen LogP contribution in [-0.4, -0.2) is 54.4 Å². The highest BCUT2D eigenvalue weighted by atomic mass is 16.5. The van der Waals surface area contributed by atoms with Crippen molar-refractivity contribution in [3.05, 3.63) is 35.9 Å². The molecule has 2 fully saturated rings. The third-order valence-corrected chi connectivity index (χ3v) is 4.99. The molecule has 5 nitrogen and oxygen atoms in total. The van der Waals surface area contributed by atoms with Gasteiger partial charge in [-0.25, -0.2) is 0 Å². The van der Waals surface area contributed by atoms with E-state index in [1.54, 1.807) is 0 Å². The van der Waals surface area contributed by atoms with Crippen LogP contribution in [0.5, 0.6) is 0 Å². The molecule has 1 saturated carbocycles. The predicted octanol–water partition coefficient (Wildman–Crippen LogP) is 1.16. The minimum Gasteiger partial charge on any atom is -0.393 e. The van der Waals surface area contributed by atoms with E-state index >= 15 is 0 Å². The Morgan fingerprint density at radius 2 is 2.13 bits per heavy atom. The molecule has 1 aromatic carbocycles. The molecule has 3 atom stereocenters. The average Bonchev–Trinajstić information content (AvgIpc) is 3.00. The summed E-state index contributed by atoms with van der Waals surface area (Å²) >= 11 is 0. The van der Waals surface area contributed by atoms with Gasteiger partial charge in [0.05, 0.1) is 25.9 Å². The molecule has 2 aliphatic rings. The lowest BCUT2D eigenvalue weighted by Gasteiger charge is -2.39. The van der Waals surface area contributed by atoms with E-state index in [4.69, 9.17) is 4.74 Å². The lowest BCUT2D eigenvalue weighted by Crippen LogP contribution is -2.53. The van der Waals surface area contributed by atoms with Gasteiger partial charge in [-0.05, 0) is 18.4 Å². The van der Waals surface area contributed by atoms with E-state index in [1.807, 2.05) is 30.3 Å². The van der Waals surface area contributed by atoms with E-state index in [9.17, 15) is 9.90 Å². The second-order valence-electron chi connectivity index (χ2n) is 6.54. The van der Waals surface area contributed by atoms with E-state index in [1.165, 1.54) is 0 Å². The largest absolute Gasteiger partial charge is 0.393 e. The van der Waals surface area contributed by atoms with Crippen molar-refractivity contribution in [3.8, 4) is 0 Å². The number of nitrogens with one attached hydrogen (secondary N) is 1. The van der Waals surface area contributed by atoms with Crippen LogP contribution in [0.2, 0.25) is 0 Å². The van der Waals surface area contributed by atoms with Gasteiger partial charge in [0.15, 0.2) is 0 Å². The average molecular weight is 318 g/mol. The fraction of sp³-hybridized carbons (Fsp3) is 0.611. The number of hydrogen-bond donors (Lipinski definition) is 2. The van der Waals surface area contributed by atoms with Gasteiger partial charge >= 0.3 is 0 Å². The van der Waals surface area contributed by atoms with E-state index in [-0.39, 0.29) is 24.0 Å². The van der Waals surface area contributed by atoms with Crippen LogP contribution in [-0.2, 0) is 16.1 Å². The van der Waals surface area contributed by atoms with Gasteiger partial charge in [-0.2, -0.15) is 0 Å². The van der Waals surface area contributed by atoms with E-state index < -0.39 is 0 Å². The Balaban J connectivity index is 1.53. The molecule has 5 heteroatoms. The Labute approximate surface area is 137 Å². The number of nitrogens with zero attached hydrogens (tertiary/aromatic N) is 1. The number of carbonyl (C=O) groups excluding carboxylic acids is 1. The van der Waals surface area contributed by atoms with Crippen LogP contribution in [0.4, 0.5) is 0 Å². The summed E-state index contributed by atoms with van der Waals surface area (Å²) in [6, 6.07) is 10.1. The number of morpholine rings is 1. The third-order valence-electron chi connectivity index (χ3n) is 4.99. The molecule has 0 bridgehead atoms. The molecule has 0 spiro atoms. The van der Waals surface area contributed by atoms with E-state index in [0.29, 0.717) is 26.3 Å². The van der Waals surface area contributed by atoms with E-state index in [2.05, 4.69) is 10.2 Å². The summed E-state index contributed by atoms with van der Waals surface area (Å²) in [5.41, 5.74) is 1.10. The highest BCUT2D eigenvalue weighted by Crippen LogP contribution is 2.32. The van der Waals surface area contributed by atoms with Gasteiger partial charge in [-0.3, -0.25) is 9.69 Å². The molecule has 3 rings (SSSR count). The molecule has 1 aliphatic heterocycles. The van der Waals surface area contributed by atoms with Crippen LogP contribution in [0.3, 0.4) is 0 Å². The lowest BCUT2D eigenvalue weighted by molar-refractivity contribution is -0.126. The number of aliphatic hydroxyl groups is 1. The van der Waals surface area contributed by atoms with Gasteiger partial charge < -0.3 is 15.2 Å². The normalized spacial score (nSPS) is 28.7. The van der Waals surface area contributed by atoms with Crippen LogP contribution in [0, 0.1) is 5.92 Å². The predicted molar refractivity (Wildman–Crippen MR) is 87.8 cm³/mol. The molecule has 1 heterocycles. The number of amides is 1. The fourth-order valence-electron chi connectivity index (χ4n) is 3.70. The zero-order valence-electron chi connectivity index (χ0n) is 13.5. The van der Waals surface area contributed by atoms with Crippen LogP contribution in [0.15, 0.2) is 30.3 Å². The lowest BCUT2D eigenvalue weighted by atomic mass is 9.94. The Morgan fingerprint density at radius 3 is 2.87 bits per heavy atom. The van der Waals surface area contributed by atoms with Crippen LogP contribution in [0.1, 0.15) is 24.8 Å². The summed E-state index contributed by atoms with van der Waals surface area (Å²) in [7, 11) is 0. The quantitative estimate of drug-likeness (QED) is 0.855. The van der Waals surface area contributed by atoms with Crippen molar-refractivity contribution >= 4 is 5.91 Å². The fourth-order valence-corrected chi connectivity index (χ4v) is 3.70. The molecule has 1 aromatic rings. The standard InChI is InChI=1S/C18H26N2O3/c21-17-8-4-7-15(17)16-13-23-10-9-20(16)12-18(22)19-11-14-5-2-1-3-6-14/h1-3,5-6,15-17,21H,4,7-13H2,(H,19,22). The maximum absolute atomic E-state index is 12.3. The maximum atomic E-state index is 12.3. The monoisotopic (exact) mass is 318 g/mol. The van der Waals surface area contributed by atoms with Gasteiger partial charge in [-0.1, -0.05) is 36.8 Å². The van der Waals surface area contributed by atoms with Gasteiger partial charge in [0.25, 0.3) is 0 Å². The Morgan fingerprint density at radius 1 is 1.30 bits per heavy atom. The highest BCUT2D eigenvalue weighted by Gasteiger charge is 2.38. The van der Waals surface area contributed by atoms with Crippen molar-refractivity contribution in [2.75, 3.05) is 26.3 Å². The van der Waals surface area contributed by atoms with Gasteiger partial charge in [0.2, 0.25) is 5.91 Å². The van der Waals surface area contributed by atoms with Crippen molar-refractivity contribution in [1.82, 2.24) is 10.2 Å². The Bertz CT molecular complexity index is 508. The first-order chi connectivity index (χ1) is 11.2. The van der Waals surface area contributed by atoms with Crippen molar-refractivity contribution in [1.29, 1.82) is 0 Å². The first-order valence-corrected chi connectivity index (χ1v) is 8.54. The van der Waals surface area contributed by atoms with Crippen molar-refractivity contribution in [3.63, 3.8) is 0 Å². The molecule has 1 amide bonds. The minimum atomic E-state index is -0.253. The molecular weight excluding hydrogens is 292 g/mol. The molecule has 0 radical (unpaired) electrons. The summed E-state index contributed by atoms with van der Waals surface area (Å²) in [6.07, 6.45) is 2.71. The van der Waals surface area contributed by atoms with Crippen molar-refractivity contribution < 1.29 is 14.6 Å². The molecule has 2 N–H and O–H groups in total. The van der Waals surface area contributed by atoms with Gasteiger partial charge in [0.1, 0.15) is 0 Å². The zero-order chi connectivity index (χ0) is 16.1. The number of rotatable bonds is 5. The highest BCUT2D eigenvalue weighted by molar-refractivity contribution is 5.78. The summed E-state index contributed by atoms with van der Waals surface area (Å²) in [5, 5.41) is 13.1. The Kier molecular flexibility index (Phi) is 5.65. The second kappa shape index (κ2) is 7.90. The number of aliphatic hydroxyl groups excluding tert-OH is 1. The topological polar surface area (TPSA) is 61.8 Å². The number of hydrogen-bond acceptors (Lipinski definition) is 4. The minimum absolute atomic E-state index is 0.0354. The number of ether oxygens (including phenoxy) is 1. The van der Waals surface area contributed by atoms with Gasteiger partial charge in [0, 0.05) is 25.0 Å². The first kappa shape index (κ1) is 16.4. The van der Waals surface area contributed by atoms with Crippen LogP contribution >= 0.6 is 0 Å². The van der Waals surface area contributed by atoms with Crippen molar-refractivity contribution in [2.24, 2.45) is 5.92 Å². The second-order valence-corrected chi connectivity index (χ2v) is 6.54. The summed E-state index contributed by atoms with van der Waals surface area (Å²) in [5.74, 6) is 0.269.